The smallest absolute Gasteiger partial charge is 0.265 e. The van der Waals surface area contributed by atoms with Crippen molar-refractivity contribution < 1.29 is 31.8 Å². The molecule has 140 heavy (non-hydrogen) atoms. The van der Waals surface area contributed by atoms with Crippen LogP contribution in [0.25, 0.3) is 88.9 Å². The maximum Gasteiger partial charge on any atom is 0.265 e. The van der Waals surface area contributed by atoms with Gasteiger partial charge in [-0.2, -0.15) is 51.0 Å². The fourth-order valence-corrected chi connectivity index (χ4v) is 21.9. The predicted octanol–water partition coefficient (Wildman–Crippen LogP) is 18.8. The Bertz CT molecular complexity index is 7520. The number of benzene rings is 5. The van der Waals surface area contributed by atoms with Crippen molar-refractivity contribution in [2.24, 2.45) is 0 Å². The van der Waals surface area contributed by atoms with Crippen molar-refractivity contribution in [1.82, 2.24) is 118 Å². The van der Waals surface area contributed by atoms with Crippen LogP contribution in [0.2, 0.25) is 25.1 Å². The average Bonchev–Trinajstić information content (AvgIpc) is 1.64. The molecule has 0 atom stereocenters. The number of aromatic nitrogens is 24. The van der Waals surface area contributed by atoms with E-state index >= 15 is 0 Å². The Morgan fingerprint density at radius 2 is 0.664 bits per heavy atom. The van der Waals surface area contributed by atoms with Crippen LogP contribution in [0, 0.1) is 5.82 Å². The van der Waals surface area contributed by atoms with E-state index in [9.17, 15) is 31.8 Å². The summed E-state index contributed by atoms with van der Waals surface area (Å²) in [6, 6.07) is 23.8. The molecule has 5 aliphatic heterocycles. The summed E-state index contributed by atoms with van der Waals surface area (Å²) in [7, 11) is -2.99. The van der Waals surface area contributed by atoms with E-state index in [0.29, 0.717) is 108 Å². The van der Waals surface area contributed by atoms with Crippen LogP contribution in [0.5, 0.6) is 0 Å². The third-order valence-electron chi connectivity index (χ3n) is 28.1. The fraction of sp³-hybridized carbons (Fsp3) is 0.408. The lowest BCUT2D eigenvalue weighted by Crippen LogP contribution is -2.42. The molecule has 5 aromatic carbocycles. The van der Waals surface area contributed by atoms with Gasteiger partial charge < -0.3 is 34.7 Å². The Hall–Kier alpha value is -12.2. The van der Waals surface area contributed by atoms with Crippen molar-refractivity contribution in [1.29, 1.82) is 0 Å². The van der Waals surface area contributed by atoms with Gasteiger partial charge >= 0.3 is 0 Å². The van der Waals surface area contributed by atoms with Gasteiger partial charge in [0.15, 0.2) is 5.82 Å². The van der Waals surface area contributed by atoms with E-state index < -0.39 is 32.8 Å². The summed E-state index contributed by atoms with van der Waals surface area (Å²) >= 11 is 32.8. The highest BCUT2D eigenvalue weighted by molar-refractivity contribution is 7.91. The summed E-state index contributed by atoms with van der Waals surface area (Å²) in [4.78, 5) is 27.4. The maximum atomic E-state index is 13.8. The Morgan fingerprint density at radius 1 is 0.357 bits per heavy atom. The van der Waals surface area contributed by atoms with Crippen molar-refractivity contribution in [3.8, 4) is 34.4 Å². The number of sulfone groups is 1. The van der Waals surface area contributed by atoms with E-state index in [2.05, 4.69) is 126 Å². The highest BCUT2D eigenvalue weighted by atomic mass is 35.5. The molecule has 9 fully saturated rings. The Balaban J connectivity index is 0.000000101. The zero-order chi connectivity index (χ0) is 96.2. The monoisotopic (exact) mass is 2010 g/mol. The van der Waals surface area contributed by atoms with Crippen LogP contribution in [0.4, 0.5) is 41.6 Å². The molecule has 17 aromatic rings. The third kappa shape index (κ3) is 19.9. The Labute approximate surface area is 828 Å². The molecular weight excluding hydrogens is 1910 g/mol. The molecule has 0 bridgehead atoms. The van der Waals surface area contributed by atoms with Gasteiger partial charge in [-0.3, -0.25) is 18.7 Å². The Morgan fingerprint density at radius 3 is 0.986 bits per heavy atom. The molecular formula is C98H103Cl5F3N29O4S. The van der Waals surface area contributed by atoms with Crippen molar-refractivity contribution in [2.75, 3.05) is 96.2 Å². The van der Waals surface area contributed by atoms with E-state index in [-0.39, 0.29) is 24.2 Å². The number of nitrogens with zero attached hydrogens (tertiary/aromatic N) is 29. The normalized spacial score (nSPS) is 18.5. The molecule has 9 aliphatic rings. The fourth-order valence-electron chi connectivity index (χ4n) is 19.3. The predicted molar refractivity (Wildman–Crippen MR) is 536 cm³/mol. The standard InChI is InChI=1S/C22H22ClN7.C20H19ClFN7O.C19H22ClN5O2S.C19H22ClN5O.C18H18ClF2N5/c23-19-10-16-12-27-30(18-13-26-29(14-18)17-2-3-17)20(16)11-21(19)28-8-4-15(5-9-28)22-24-6-1-7-25-22;1-20(30)2-4-27(5-3-20)18-7-17-13(6-16(18)21)8-26-29(17)15-11-25-28(12-15)19-23-9-14(22)10-24-19;1-28(26,27)16-4-6-23(7-5-16)19-9-18-13(8-17(19)20)10-22-25(18)15-11-21-24(12-15)14-2-3-14;1-19(26)4-6-23(7-5-19)18-9-17-13(8-16(18)20)10-22-25(17)15-11-21-24(12-15)14-2-3-14;19-15-6-12-8-23-26(14-9-22-25(10-14)13-2-3-13)16(12)7-17(15)24-5-1-4-18(20,21)11-24/h1,6-7,10-15,17H,2-5,8-9H2;6-12,30H,2-5H2,1H3;8-12,14,16H,2-7H2,1H3;8-12,14,26H,2-7H2,1H3;6-10,13H,1-5,11H2. The summed E-state index contributed by atoms with van der Waals surface area (Å²) < 4.78 is 83.3. The number of hydrogen-bond donors (Lipinski definition) is 2. The topological polar surface area (TPSA) is 321 Å². The van der Waals surface area contributed by atoms with Crippen molar-refractivity contribution >= 4 is 151 Å². The second-order valence-corrected chi connectivity index (χ2v) is 43.2. The molecule has 17 heterocycles. The molecule has 12 aromatic heterocycles. The molecule has 0 spiro atoms. The largest absolute Gasteiger partial charge is 0.390 e. The van der Waals surface area contributed by atoms with Crippen LogP contribution < -0.4 is 24.5 Å². The molecule has 5 saturated heterocycles. The summed E-state index contributed by atoms with van der Waals surface area (Å²) in [5.74, 6) is -1.56. The summed E-state index contributed by atoms with van der Waals surface area (Å²) in [5, 5.41) is 73.1. The van der Waals surface area contributed by atoms with E-state index in [0.717, 1.165) is 206 Å². The highest BCUT2D eigenvalue weighted by Gasteiger charge is 2.39. The van der Waals surface area contributed by atoms with Crippen molar-refractivity contribution in [3.63, 3.8) is 0 Å². The number of halogens is 8. The van der Waals surface area contributed by atoms with Crippen molar-refractivity contribution in [2.45, 2.75) is 182 Å². The lowest BCUT2D eigenvalue weighted by atomic mass is 9.93. The van der Waals surface area contributed by atoms with Gasteiger partial charge in [0.1, 0.15) is 44.1 Å². The first-order chi connectivity index (χ1) is 67.6. The minimum Gasteiger partial charge on any atom is -0.390 e. The van der Waals surface area contributed by atoms with Crippen LogP contribution in [-0.4, -0.2) is 230 Å². The molecule has 0 radical (unpaired) electrons. The molecule has 26 rings (SSSR count). The molecule has 726 valence electrons. The third-order valence-corrected chi connectivity index (χ3v) is 31.3. The molecule has 42 heteroatoms. The van der Waals surface area contributed by atoms with Gasteiger partial charge in [0.25, 0.3) is 11.9 Å². The van der Waals surface area contributed by atoms with Crippen LogP contribution >= 0.6 is 58.0 Å². The molecule has 4 aliphatic carbocycles. The number of aliphatic hydroxyl groups is 2. The lowest BCUT2D eigenvalue weighted by Gasteiger charge is -2.37. The summed E-state index contributed by atoms with van der Waals surface area (Å²) in [5.41, 5.74) is 12.6. The zero-order valence-corrected chi connectivity index (χ0v) is 81.8. The van der Waals surface area contributed by atoms with Crippen LogP contribution in [0.1, 0.15) is 165 Å². The number of hydrogen-bond acceptors (Lipinski definition) is 23. The molecule has 33 nitrogen and oxygen atoms in total. The van der Waals surface area contributed by atoms with Gasteiger partial charge in [0.05, 0.1) is 234 Å². The quantitative estimate of drug-likeness (QED) is 0.0855. The van der Waals surface area contributed by atoms with Gasteiger partial charge in [-0.05, 0) is 190 Å². The number of piperidine rings is 5. The summed E-state index contributed by atoms with van der Waals surface area (Å²) in [6.45, 7) is 10.3. The highest BCUT2D eigenvalue weighted by Crippen LogP contribution is 2.45. The SMILES string of the molecule is CC1(O)CCN(c2cc3c(cnn3-c3cnn(-c4ncc(F)cn4)c3)cc2Cl)CC1.CC1(O)CCN(c2cc3c(cnn3-c3cnn(C4CC4)c3)cc2Cl)CC1.CS(=O)(=O)C1CCN(c2cc3c(cnn3-c3cnn(C4CC4)c3)cc2Cl)CC1.Clc1cc2cnn(-c3cnn(C4CC4)c3)c2cc1N1CCC(c2ncccn2)CC1.FC1(F)CCCN(c2cc3c(cnn3-c3cnn(C4CC4)c3)cc2Cl)C1. The van der Waals surface area contributed by atoms with Gasteiger partial charge in [0, 0.05) is 117 Å². The number of fused-ring (bicyclic) bond motifs is 5. The Kier molecular flexibility index (Phi) is 25.0. The maximum absolute atomic E-state index is 13.8. The lowest BCUT2D eigenvalue weighted by molar-refractivity contribution is -0.0116. The van der Waals surface area contributed by atoms with E-state index in [1.54, 1.807) is 51.3 Å². The molecule has 0 amide bonds. The number of anilines is 5. The van der Waals surface area contributed by atoms with Gasteiger partial charge in [-0.1, -0.05) is 58.0 Å². The first kappa shape index (κ1) is 92.8. The minimum atomic E-state index is -2.99. The zero-order valence-electron chi connectivity index (χ0n) is 77.2. The number of rotatable bonds is 17. The average molecular weight is 2020 g/mol. The molecule has 4 saturated carbocycles. The van der Waals surface area contributed by atoms with Gasteiger partial charge in [-0.15, -0.1) is 0 Å². The summed E-state index contributed by atoms with van der Waals surface area (Å²) in [6.07, 6.45) is 51.2. The van der Waals surface area contributed by atoms with E-state index in [4.69, 9.17) is 58.0 Å². The van der Waals surface area contributed by atoms with Crippen LogP contribution in [0.3, 0.4) is 0 Å². The second-order valence-electron chi connectivity index (χ2n) is 38.8. The van der Waals surface area contributed by atoms with Gasteiger partial charge in [-0.25, -0.2) is 69.6 Å². The number of alkyl halides is 2. The van der Waals surface area contributed by atoms with Crippen LogP contribution in [-0.2, 0) is 9.84 Å². The van der Waals surface area contributed by atoms with Crippen LogP contribution in [0.15, 0.2) is 184 Å². The first-order valence-corrected chi connectivity index (χ1v) is 51.5. The second kappa shape index (κ2) is 37.7. The molecule has 0 unspecified atom stereocenters. The van der Waals surface area contributed by atoms with E-state index in [1.807, 2.05) is 146 Å². The molecule has 2 N–H and O–H groups in total. The van der Waals surface area contributed by atoms with Crippen molar-refractivity contribution in [3.05, 3.63) is 221 Å². The minimum absolute atomic E-state index is 0.0678. The van der Waals surface area contributed by atoms with E-state index in [1.165, 1.54) is 49.5 Å². The van der Waals surface area contributed by atoms with Gasteiger partial charge in [0.2, 0.25) is 0 Å². The first-order valence-electron chi connectivity index (χ1n) is 47.7.